The minimum absolute atomic E-state index is 0.0436. The Kier molecular flexibility index (Phi) is 3.93. The lowest BCUT2D eigenvalue weighted by atomic mass is 10.1. The molecule has 0 unspecified atom stereocenters. The molecule has 3 rings (SSSR count). The molecule has 1 aliphatic heterocycles. The van der Waals surface area contributed by atoms with Gasteiger partial charge in [-0.05, 0) is 49.6 Å². The lowest BCUT2D eigenvalue weighted by Gasteiger charge is -2.19. The highest BCUT2D eigenvalue weighted by molar-refractivity contribution is 7.87. The molecular formula is C17H18O5S. The van der Waals surface area contributed by atoms with Crippen LogP contribution in [0.25, 0.3) is 0 Å². The van der Waals surface area contributed by atoms with Gasteiger partial charge in [-0.25, -0.2) is 0 Å². The van der Waals surface area contributed by atoms with Gasteiger partial charge in [0.25, 0.3) is 0 Å². The number of hydrogen-bond acceptors (Lipinski definition) is 5. The van der Waals surface area contributed by atoms with Crippen molar-refractivity contribution in [1.82, 2.24) is 0 Å². The van der Waals surface area contributed by atoms with Crippen molar-refractivity contribution < 1.29 is 22.1 Å². The maximum absolute atomic E-state index is 12.6. The van der Waals surface area contributed by atoms with Crippen molar-refractivity contribution in [2.75, 3.05) is 13.2 Å². The second-order valence-corrected chi connectivity index (χ2v) is 7.04. The van der Waals surface area contributed by atoms with Crippen LogP contribution >= 0.6 is 0 Å². The topological polar surface area (TPSA) is 61.8 Å². The Labute approximate surface area is 135 Å². The molecule has 0 aromatic heterocycles. The quantitative estimate of drug-likeness (QED) is 0.807. The van der Waals surface area contributed by atoms with Crippen LogP contribution in [0.5, 0.6) is 17.2 Å². The smallest absolute Gasteiger partial charge is 0.339 e. The Balaban J connectivity index is 1.98. The maximum atomic E-state index is 12.6. The molecule has 0 amide bonds. The van der Waals surface area contributed by atoms with Crippen LogP contribution in [0.1, 0.15) is 16.7 Å². The fraction of sp³-hybridized carbons (Fsp3) is 0.294. The Morgan fingerprint density at radius 3 is 2.30 bits per heavy atom. The lowest BCUT2D eigenvalue weighted by Crippen LogP contribution is -2.17. The standard InChI is InChI=1S/C17H18O5S/c1-11-4-5-12(2)17(13(11)3)22-23(18,19)14-6-7-15-16(10-14)21-9-8-20-15/h4-7,10H,8-9H2,1-3H3. The van der Waals surface area contributed by atoms with Crippen molar-refractivity contribution in [2.45, 2.75) is 25.7 Å². The summed E-state index contributed by atoms with van der Waals surface area (Å²) in [6.07, 6.45) is 0. The second-order valence-electron chi connectivity index (χ2n) is 5.50. The van der Waals surface area contributed by atoms with Crippen molar-refractivity contribution in [3.63, 3.8) is 0 Å². The minimum Gasteiger partial charge on any atom is -0.486 e. The van der Waals surface area contributed by atoms with Gasteiger partial charge in [0.1, 0.15) is 23.9 Å². The number of ether oxygens (including phenoxy) is 2. The zero-order valence-electron chi connectivity index (χ0n) is 13.3. The maximum Gasteiger partial charge on any atom is 0.339 e. The van der Waals surface area contributed by atoms with E-state index >= 15 is 0 Å². The summed E-state index contributed by atoms with van der Waals surface area (Å²) in [5.41, 5.74) is 2.56. The van der Waals surface area contributed by atoms with Gasteiger partial charge in [0.05, 0.1) is 0 Å². The Morgan fingerprint density at radius 1 is 0.913 bits per heavy atom. The average molecular weight is 334 g/mol. The predicted octanol–water partition coefficient (Wildman–Crippen LogP) is 3.15. The summed E-state index contributed by atoms with van der Waals surface area (Å²) in [5, 5.41) is 0. The first kappa shape index (κ1) is 15.7. The molecule has 0 fully saturated rings. The van der Waals surface area contributed by atoms with Crippen molar-refractivity contribution in [2.24, 2.45) is 0 Å². The van der Waals surface area contributed by atoms with Gasteiger partial charge in [-0.15, -0.1) is 0 Å². The third-order valence-electron chi connectivity index (χ3n) is 3.87. The van der Waals surface area contributed by atoms with Crippen LogP contribution in [-0.4, -0.2) is 21.6 Å². The fourth-order valence-corrected chi connectivity index (χ4v) is 3.45. The average Bonchev–Trinajstić information content (AvgIpc) is 2.55. The highest BCUT2D eigenvalue weighted by atomic mass is 32.2. The van der Waals surface area contributed by atoms with Crippen LogP contribution in [0.3, 0.4) is 0 Å². The molecule has 1 aliphatic rings. The van der Waals surface area contributed by atoms with Crippen LogP contribution in [0.15, 0.2) is 35.2 Å². The van der Waals surface area contributed by atoms with E-state index < -0.39 is 10.1 Å². The highest BCUT2D eigenvalue weighted by Crippen LogP contribution is 2.34. The highest BCUT2D eigenvalue weighted by Gasteiger charge is 2.23. The first-order chi connectivity index (χ1) is 10.9. The van der Waals surface area contributed by atoms with Crippen molar-refractivity contribution in [1.29, 1.82) is 0 Å². The molecule has 0 atom stereocenters. The SMILES string of the molecule is Cc1ccc(C)c(OS(=O)(=O)c2ccc3c(c2)OCCO3)c1C. The van der Waals surface area contributed by atoms with Gasteiger partial charge in [-0.3, -0.25) is 0 Å². The van der Waals surface area contributed by atoms with E-state index in [1.807, 2.05) is 32.9 Å². The van der Waals surface area contributed by atoms with Crippen LogP contribution < -0.4 is 13.7 Å². The Morgan fingerprint density at radius 2 is 1.57 bits per heavy atom. The first-order valence-corrected chi connectivity index (χ1v) is 8.70. The van der Waals surface area contributed by atoms with E-state index in [1.54, 1.807) is 6.07 Å². The van der Waals surface area contributed by atoms with E-state index in [0.29, 0.717) is 30.5 Å². The van der Waals surface area contributed by atoms with Crippen molar-refractivity contribution in [3.05, 3.63) is 47.0 Å². The monoisotopic (exact) mass is 334 g/mol. The molecule has 122 valence electrons. The van der Waals surface area contributed by atoms with Crippen LogP contribution in [0.4, 0.5) is 0 Å². The van der Waals surface area contributed by atoms with E-state index in [2.05, 4.69) is 0 Å². The summed E-state index contributed by atoms with van der Waals surface area (Å²) in [6, 6.07) is 8.26. The Hall–Kier alpha value is -2.21. The van der Waals surface area contributed by atoms with E-state index in [9.17, 15) is 8.42 Å². The van der Waals surface area contributed by atoms with E-state index in [-0.39, 0.29) is 4.90 Å². The largest absolute Gasteiger partial charge is 0.486 e. The molecule has 2 aromatic rings. The molecule has 0 saturated carbocycles. The van der Waals surface area contributed by atoms with Gasteiger partial charge in [-0.2, -0.15) is 8.42 Å². The fourth-order valence-electron chi connectivity index (χ4n) is 2.39. The lowest BCUT2D eigenvalue weighted by molar-refractivity contribution is 0.171. The third-order valence-corrected chi connectivity index (χ3v) is 5.09. The molecule has 6 heteroatoms. The number of rotatable bonds is 3. The van der Waals surface area contributed by atoms with Gasteiger partial charge >= 0.3 is 10.1 Å². The number of fused-ring (bicyclic) bond motifs is 1. The summed E-state index contributed by atoms with van der Waals surface area (Å²) in [5.74, 6) is 1.33. The van der Waals surface area contributed by atoms with E-state index in [1.165, 1.54) is 12.1 Å². The number of aryl methyl sites for hydroxylation is 2. The van der Waals surface area contributed by atoms with Crippen molar-refractivity contribution in [3.8, 4) is 17.2 Å². The van der Waals surface area contributed by atoms with Crippen LogP contribution in [-0.2, 0) is 10.1 Å². The summed E-state index contributed by atoms with van der Waals surface area (Å²) >= 11 is 0. The van der Waals surface area contributed by atoms with E-state index in [4.69, 9.17) is 13.7 Å². The summed E-state index contributed by atoms with van der Waals surface area (Å²) < 4.78 is 41.4. The molecule has 0 radical (unpaired) electrons. The van der Waals surface area contributed by atoms with Gasteiger partial charge in [0, 0.05) is 6.07 Å². The van der Waals surface area contributed by atoms with Gasteiger partial charge in [0.15, 0.2) is 11.5 Å². The minimum atomic E-state index is -3.94. The molecule has 1 heterocycles. The normalized spacial score (nSPS) is 13.7. The van der Waals surface area contributed by atoms with Crippen LogP contribution in [0, 0.1) is 20.8 Å². The molecule has 0 aliphatic carbocycles. The zero-order chi connectivity index (χ0) is 16.6. The summed E-state index contributed by atoms with van der Waals surface area (Å²) in [4.78, 5) is 0.0436. The molecule has 0 N–H and O–H groups in total. The molecule has 2 aromatic carbocycles. The van der Waals surface area contributed by atoms with Gasteiger partial charge in [0.2, 0.25) is 0 Å². The predicted molar refractivity (Wildman–Crippen MR) is 85.9 cm³/mol. The molecule has 5 nitrogen and oxygen atoms in total. The first-order valence-electron chi connectivity index (χ1n) is 7.29. The molecular weight excluding hydrogens is 316 g/mol. The molecule has 0 spiro atoms. The third kappa shape index (κ3) is 2.99. The second kappa shape index (κ2) is 5.77. The molecule has 0 bridgehead atoms. The number of benzene rings is 2. The van der Waals surface area contributed by atoms with Crippen LogP contribution in [0.2, 0.25) is 0 Å². The Bertz CT molecular complexity index is 856. The van der Waals surface area contributed by atoms with Gasteiger partial charge < -0.3 is 13.7 Å². The number of hydrogen-bond donors (Lipinski definition) is 0. The van der Waals surface area contributed by atoms with E-state index in [0.717, 1.165) is 16.7 Å². The van der Waals surface area contributed by atoms with Crippen molar-refractivity contribution >= 4 is 10.1 Å². The molecule has 0 saturated heterocycles. The summed E-state index contributed by atoms with van der Waals surface area (Å²) in [6.45, 7) is 6.43. The molecule has 23 heavy (non-hydrogen) atoms. The van der Waals surface area contributed by atoms with Gasteiger partial charge in [-0.1, -0.05) is 12.1 Å². The zero-order valence-corrected chi connectivity index (χ0v) is 14.1. The summed E-state index contributed by atoms with van der Waals surface area (Å²) in [7, 11) is -3.94.